The summed E-state index contributed by atoms with van der Waals surface area (Å²) in [5.41, 5.74) is -1.37. The van der Waals surface area contributed by atoms with Crippen LogP contribution in [-0.2, 0) is 15.5 Å². The molecule has 0 aliphatic heterocycles. The maximum Gasteiger partial charge on any atom is 0.457 e. The van der Waals surface area contributed by atoms with E-state index in [0.29, 0.717) is 5.56 Å². The van der Waals surface area contributed by atoms with E-state index in [-0.39, 0.29) is 5.56 Å². The van der Waals surface area contributed by atoms with Crippen molar-refractivity contribution in [2.75, 3.05) is 0 Å². The average molecular weight is 699 g/mol. The summed E-state index contributed by atoms with van der Waals surface area (Å²) in [6, 6.07) is 38.8. The molecule has 1 unspecified atom stereocenters. The van der Waals surface area contributed by atoms with Gasteiger partial charge in [0.1, 0.15) is 5.75 Å². The van der Waals surface area contributed by atoms with Crippen LogP contribution in [0.3, 0.4) is 0 Å². The normalized spacial score (nSPS) is 15.3. The van der Waals surface area contributed by atoms with Gasteiger partial charge in [0.25, 0.3) is 5.67 Å². The second kappa shape index (κ2) is 11.5. The van der Waals surface area contributed by atoms with Crippen LogP contribution in [0.5, 0.6) is 5.75 Å². The van der Waals surface area contributed by atoms with Crippen molar-refractivity contribution in [3.63, 3.8) is 0 Å². The van der Waals surface area contributed by atoms with E-state index in [1.165, 1.54) is 12.1 Å². The molecule has 0 spiro atoms. The molecule has 1 aliphatic carbocycles. The average Bonchev–Trinajstić information content (AvgIpc) is 3.38. The second-order valence-electron chi connectivity index (χ2n) is 11.2. The molecule has 0 N–H and O–H groups in total. The van der Waals surface area contributed by atoms with Gasteiger partial charge in [0.2, 0.25) is 0 Å². The number of hydrogen-bond donors (Lipinski definition) is 0. The molecule has 6 rings (SSSR count). The third-order valence-electron chi connectivity index (χ3n) is 8.51. The third kappa shape index (κ3) is 4.90. The molecule has 0 fully saturated rings. The fourth-order valence-electron chi connectivity index (χ4n) is 6.18. The minimum atomic E-state index is -6.90. The number of hydrogen-bond acceptors (Lipinski definition) is 3. The highest BCUT2D eigenvalue weighted by molar-refractivity contribution is 7.88. The van der Waals surface area contributed by atoms with Gasteiger partial charge in [-0.15, -0.1) is 0 Å². The van der Waals surface area contributed by atoms with Gasteiger partial charge in [-0.05, 0) is 75.4 Å². The van der Waals surface area contributed by atoms with Crippen LogP contribution in [-0.4, -0.2) is 31.4 Å². The van der Waals surface area contributed by atoms with Gasteiger partial charge in [0.15, 0.2) is 0 Å². The molecule has 1 aliphatic rings. The van der Waals surface area contributed by atoms with Crippen molar-refractivity contribution < 1.29 is 47.7 Å². The number of alkyl halides is 8. The van der Waals surface area contributed by atoms with Crippen molar-refractivity contribution in [1.82, 2.24) is 0 Å². The van der Waals surface area contributed by atoms with Crippen LogP contribution in [0, 0.1) is 12.1 Å². The Balaban J connectivity index is 1.46. The molecular formula is C37H22F8O3S. The van der Waals surface area contributed by atoms with Gasteiger partial charge in [-0.3, -0.25) is 0 Å². The van der Waals surface area contributed by atoms with E-state index in [2.05, 4.69) is 22.9 Å². The zero-order valence-electron chi connectivity index (χ0n) is 24.9. The maximum absolute atomic E-state index is 14.9. The van der Waals surface area contributed by atoms with Crippen molar-refractivity contribution in [2.45, 2.75) is 28.4 Å². The first-order valence-electron chi connectivity index (χ1n) is 14.4. The summed E-state index contributed by atoms with van der Waals surface area (Å²) in [7, 11) is -6.83. The van der Waals surface area contributed by atoms with Gasteiger partial charge in [0.05, 0.1) is 5.41 Å². The lowest BCUT2D eigenvalue weighted by molar-refractivity contribution is -0.338. The van der Waals surface area contributed by atoms with Gasteiger partial charge in [-0.25, -0.2) is 4.39 Å². The molecule has 0 bridgehead atoms. The molecule has 3 nitrogen and oxygen atoms in total. The van der Waals surface area contributed by atoms with Crippen LogP contribution in [0.15, 0.2) is 128 Å². The number of rotatable bonds is 9. The van der Waals surface area contributed by atoms with Crippen LogP contribution >= 0.6 is 0 Å². The SMILES string of the molecule is C=CC(F)(C(F)(F)C(F)(F)F)C(F)(F)S(=O)(=O)Oc1cccc(-c2ccc3c(c2)C(c2ccccc2)(c2ccccc2)c2c#cccc2-3)c1. The highest BCUT2D eigenvalue weighted by atomic mass is 32.2. The Hall–Kier alpha value is -5.15. The smallest absolute Gasteiger partial charge is 0.378 e. The van der Waals surface area contributed by atoms with Crippen molar-refractivity contribution in [1.29, 1.82) is 0 Å². The molecule has 0 aromatic heterocycles. The highest BCUT2D eigenvalue weighted by Gasteiger charge is 2.83. The molecule has 0 radical (unpaired) electrons. The van der Waals surface area contributed by atoms with Crippen molar-refractivity contribution in [3.8, 4) is 28.0 Å². The summed E-state index contributed by atoms with van der Waals surface area (Å²) >= 11 is 0. The first kappa shape index (κ1) is 33.7. The summed E-state index contributed by atoms with van der Waals surface area (Å²) in [5.74, 6) is -7.76. The minimum Gasteiger partial charge on any atom is -0.378 e. The number of fused-ring (bicyclic) bond motifs is 3. The van der Waals surface area contributed by atoms with Crippen LogP contribution in [0.2, 0.25) is 0 Å². The molecule has 0 heterocycles. The minimum absolute atomic E-state index is 0.191. The molecule has 0 saturated heterocycles. The lowest BCUT2D eigenvalue weighted by Crippen LogP contribution is -2.65. The number of halogens is 8. The van der Waals surface area contributed by atoms with Gasteiger partial charge >= 0.3 is 27.5 Å². The van der Waals surface area contributed by atoms with E-state index in [1.807, 2.05) is 72.8 Å². The van der Waals surface area contributed by atoms with E-state index in [0.717, 1.165) is 45.5 Å². The summed E-state index contributed by atoms with van der Waals surface area (Å²) in [5, 5.41) is -6.44. The summed E-state index contributed by atoms with van der Waals surface area (Å²) < 4.78 is 141. The lowest BCUT2D eigenvalue weighted by Gasteiger charge is -2.36. The van der Waals surface area contributed by atoms with E-state index >= 15 is 0 Å². The maximum atomic E-state index is 14.9. The van der Waals surface area contributed by atoms with Gasteiger partial charge < -0.3 is 4.18 Å². The summed E-state index contributed by atoms with van der Waals surface area (Å²) in [6.45, 7) is 2.29. The zero-order valence-corrected chi connectivity index (χ0v) is 25.7. The Morgan fingerprint density at radius 3 is 1.86 bits per heavy atom. The highest BCUT2D eigenvalue weighted by Crippen LogP contribution is 2.57. The Morgan fingerprint density at radius 1 is 0.694 bits per heavy atom. The predicted molar refractivity (Wildman–Crippen MR) is 166 cm³/mol. The Labute approximate surface area is 276 Å². The molecule has 0 amide bonds. The molecule has 0 saturated carbocycles. The van der Waals surface area contributed by atoms with Gasteiger partial charge in [0, 0.05) is 5.56 Å². The quantitative estimate of drug-likeness (QED) is 0.0859. The first-order chi connectivity index (χ1) is 23.0. The monoisotopic (exact) mass is 698 g/mol. The van der Waals surface area contributed by atoms with Crippen LogP contribution < -0.4 is 4.18 Å². The largest absolute Gasteiger partial charge is 0.457 e. The lowest BCUT2D eigenvalue weighted by atomic mass is 9.68. The Morgan fingerprint density at radius 2 is 1.29 bits per heavy atom. The molecule has 5 aromatic rings. The molecule has 1 atom stereocenters. The fraction of sp³-hybridized carbons (Fsp3) is 0.135. The topological polar surface area (TPSA) is 43.4 Å². The molecule has 49 heavy (non-hydrogen) atoms. The number of allylic oxidation sites excluding steroid dienone is 1. The first-order valence-corrected chi connectivity index (χ1v) is 15.8. The van der Waals surface area contributed by atoms with E-state index in [9.17, 15) is 43.5 Å². The van der Waals surface area contributed by atoms with E-state index in [1.54, 1.807) is 18.2 Å². The third-order valence-corrected chi connectivity index (χ3v) is 9.84. The fourth-order valence-corrected chi connectivity index (χ4v) is 7.22. The van der Waals surface area contributed by atoms with Crippen molar-refractivity contribution in [2.24, 2.45) is 0 Å². The predicted octanol–water partition coefficient (Wildman–Crippen LogP) is 9.71. The van der Waals surface area contributed by atoms with Crippen LogP contribution in [0.1, 0.15) is 22.3 Å². The van der Waals surface area contributed by atoms with Crippen LogP contribution in [0.4, 0.5) is 35.1 Å². The Bertz CT molecular complexity index is 2110. The second-order valence-corrected chi connectivity index (χ2v) is 12.8. The van der Waals surface area contributed by atoms with E-state index in [4.69, 9.17) is 0 Å². The Kier molecular flexibility index (Phi) is 7.91. The molecular weight excluding hydrogens is 676 g/mol. The molecule has 5 aromatic carbocycles. The summed E-state index contributed by atoms with van der Waals surface area (Å²) in [4.78, 5) is 0. The van der Waals surface area contributed by atoms with Crippen molar-refractivity contribution >= 4 is 10.1 Å². The summed E-state index contributed by atoms with van der Waals surface area (Å²) in [6.07, 6.45) is -7.99. The van der Waals surface area contributed by atoms with Gasteiger partial charge in [-0.2, -0.15) is 39.2 Å². The van der Waals surface area contributed by atoms with E-state index < -0.39 is 50.4 Å². The zero-order chi connectivity index (χ0) is 35.5. The van der Waals surface area contributed by atoms with Gasteiger partial charge in [-0.1, -0.05) is 104 Å². The molecule has 250 valence electrons. The van der Waals surface area contributed by atoms with Crippen LogP contribution in [0.25, 0.3) is 22.3 Å². The van der Waals surface area contributed by atoms with Crippen molar-refractivity contribution in [3.05, 3.63) is 162 Å². The molecule has 12 heteroatoms. The standard InChI is InChI=1S/C37H22F8O3S/c1-2-33(38,35(39,40)36(41,42)43)37(44,45)49(46,47)48-28-17-11-12-24(22-28)25-20-21-30-29-18-9-10-19-31(29)34(32(30)23-25,26-13-5-3-6-14-26)27-15-7-4-8-16-27/h2-9,11-18,20-23H,1H2. The number of benzene rings is 4.